The predicted molar refractivity (Wildman–Crippen MR) is 95.2 cm³/mol. The summed E-state index contributed by atoms with van der Waals surface area (Å²) < 4.78 is 10.8. The Morgan fingerprint density at radius 2 is 2.12 bits per heavy atom. The van der Waals surface area contributed by atoms with E-state index < -0.39 is 0 Å². The molecular weight excluding hydrogens is 320 g/mol. The summed E-state index contributed by atoms with van der Waals surface area (Å²) in [6.07, 6.45) is 1.15. The number of rotatable bonds is 8. The fraction of sp³-hybridized carbons (Fsp3) is 0.579. The van der Waals surface area contributed by atoms with Crippen molar-refractivity contribution in [3.8, 4) is 5.75 Å². The molecule has 25 heavy (non-hydrogen) atoms. The van der Waals surface area contributed by atoms with Gasteiger partial charge in [0.25, 0.3) is 0 Å². The molecule has 0 bridgehead atoms. The first-order chi connectivity index (χ1) is 12.0. The third-order valence-corrected chi connectivity index (χ3v) is 4.28. The van der Waals surface area contributed by atoms with E-state index in [-0.39, 0.29) is 23.8 Å². The van der Waals surface area contributed by atoms with Crippen LogP contribution in [-0.4, -0.2) is 49.6 Å². The van der Waals surface area contributed by atoms with E-state index in [9.17, 15) is 9.59 Å². The molecule has 1 N–H and O–H groups in total. The summed E-state index contributed by atoms with van der Waals surface area (Å²) in [5, 5.41) is 2.90. The molecule has 0 saturated carbocycles. The number of nitrogens with one attached hydrogen (secondary N) is 1. The molecule has 2 amide bonds. The van der Waals surface area contributed by atoms with Gasteiger partial charge in [0.1, 0.15) is 5.75 Å². The Hall–Kier alpha value is -2.08. The van der Waals surface area contributed by atoms with Gasteiger partial charge >= 0.3 is 0 Å². The molecule has 2 rings (SSSR count). The highest BCUT2D eigenvalue weighted by atomic mass is 16.5. The second kappa shape index (κ2) is 9.42. The van der Waals surface area contributed by atoms with Crippen molar-refractivity contribution in [2.75, 3.05) is 26.8 Å². The zero-order valence-corrected chi connectivity index (χ0v) is 15.3. The zero-order valence-electron chi connectivity index (χ0n) is 15.3. The van der Waals surface area contributed by atoms with Crippen molar-refractivity contribution in [3.63, 3.8) is 0 Å². The predicted octanol–water partition coefficient (Wildman–Crippen LogP) is 1.97. The normalized spacial score (nSPS) is 17.7. The molecular formula is C19H28N2O4. The van der Waals surface area contributed by atoms with Gasteiger partial charge in [-0.05, 0) is 26.3 Å². The average molecular weight is 348 g/mol. The Bertz CT molecular complexity index is 589. The maximum atomic E-state index is 12.3. The molecule has 0 aliphatic carbocycles. The number of carbonyl (C=O) groups is 2. The summed E-state index contributed by atoms with van der Waals surface area (Å²) >= 11 is 0. The van der Waals surface area contributed by atoms with Crippen LogP contribution in [-0.2, 0) is 20.9 Å². The maximum Gasteiger partial charge on any atom is 0.224 e. The van der Waals surface area contributed by atoms with Crippen LogP contribution < -0.4 is 10.1 Å². The van der Waals surface area contributed by atoms with Crippen molar-refractivity contribution < 1.29 is 19.1 Å². The molecule has 1 fully saturated rings. The SMILES string of the molecule is COc1ccccc1CN1C[C@H](C(=O)NCCOC(C)C)CCC1=O. The van der Waals surface area contributed by atoms with Crippen molar-refractivity contribution in [1.82, 2.24) is 10.2 Å². The highest BCUT2D eigenvalue weighted by Crippen LogP contribution is 2.24. The minimum atomic E-state index is -0.175. The van der Waals surface area contributed by atoms with Crippen molar-refractivity contribution >= 4 is 11.8 Å². The minimum Gasteiger partial charge on any atom is -0.496 e. The van der Waals surface area contributed by atoms with Crippen LogP contribution in [0.4, 0.5) is 0 Å². The van der Waals surface area contributed by atoms with E-state index in [1.165, 1.54) is 0 Å². The fourth-order valence-electron chi connectivity index (χ4n) is 2.93. The van der Waals surface area contributed by atoms with E-state index in [4.69, 9.17) is 9.47 Å². The smallest absolute Gasteiger partial charge is 0.224 e. The molecule has 1 heterocycles. The van der Waals surface area contributed by atoms with Crippen LogP contribution in [0.25, 0.3) is 0 Å². The molecule has 1 aliphatic heterocycles. The number of benzene rings is 1. The first kappa shape index (κ1) is 19.2. The average Bonchev–Trinajstić information content (AvgIpc) is 2.60. The van der Waals surface area contributed by atoms with Gasteiger partial charge in [-0.3, -0.25) is 9.59 Å². The van der Waals surface area contributed by atoms with Crippen LogP contribution in [0.3, 0.4) is 0 Å². The monoisotopic (exact) mass is 348 g/mol. The van der Waals surface area contributed by atoms with Crippen LogP contribution in [0.2, 0.25) is 0 Å². The summed E-state index contributed by atoms with van der Waals surface area (Å²) in [6, 6.07) is 7.64. The second-order valence-electron chi connectivity index (χ2n) is 6.53. The molecule has 6 nitrogen and oxygen atoms in total. The summed E-state index contributed by atoms with van der Waals surface area (Å²) in [4.78, 5) is 26.3. The summed E-state index contributed by atoms with van der Waals surface area (Å²) in [6.45, 7) is 5.82. The number of carbonyl (C=O) groups excluding carboxylic acids is 2. The molecule has 0 aromatic heterocycles. The Balaban J connectivity index is 1.90. The van der Waals surface area contributed by atoms with E-state index in [1.807, 2.05) is 38.1 Å². The first-order valence-corrected chi connectivity index (χ1v) is 8.80. The van der Waals surface area contributed by atoms with Crippen LogP contribution >= 0.6 is 0 Å². The molecule has 1 aliphatic rings. The lowest BCUT2D eigenvalue weighted by molar-refractivity contribution is -0.139. The minimum absolute atomic E-state index is 0.00937. The zero-order chi connectivity index (χ0) is 18.2. The number of hydrogen-bond donors (Lipinski definition) is 1. The highest BCUT2D eigenvalue weighted by Gasteiger charge is 2.30. The van der Waals surface area contributed by atoms with Crippen LogP contribution in [0, 0.1) is 5.92 Å². The van der Waals surface area contributed by atoms with Gasteiger partial charge in [0, 0.05) is 31.6 Å². The van der Waals surface area contributed by atoms with Crippen molar-refractivity contribution in [1.29, 1.82) is 0 Å². The lowest BCUT2D eigenvalue weighted by Gasteiger charge is -2.32. The largest absolute Gasteiger partial charge is 0.496 e. The number of ether oxygens (including phenoxy) is 2. The number of amides is 2. The van der Waals surface area contributed by atoms with Gasteiger partial charge in [-0.25, -0.2) is 0 Å². The van der Waals surface area contributed by atoms with Crippen molar-refractivity contribution in [2.24, 2.45) is 5.92 Å². The summed E-state index contributed by atoms with van der Waals surface area (Å²) in [5.74, 6) is 0.655. The third-order valence-electron chi connectivity index (χ3n) is 4.28. The molecule has 0 spiro atoms. The molecule has 0 radical (unpaired) electrons. The topological polar surface area (TPSA) is 67.9 Å². The Kier molecular flexibility index (Phi) is 7.25. The van der Waals surface area contributed by atoms with Gasteiger partial charge in [-0.1, -0.05) is 18.2 Å². The highest BCUT2D eigenvalue weighted by molar-refractivity contribution is 5.83. The number of nitrogens with zero attached hydrogens (tertiary/aromatic N) is 1. The van der Waals surface area contributed by atoms with E-state index in [0.29, 0.717) is 39.1 Å². The first-order valence-electron chi connectivity index (χ1n) is 8.80. The Labute approximate surface area is 149 Å². The van der Waals surface area contributed by atoms with Gasteiger partial charge in [-0.2, -0.15) is 0 Å². The second-order valence-corrected chi connectivity index (χ2v) is 6.53. The fourth-order valence-corrected chi connectivity index (χ4v) is 2.93. The van der Waals surface area contributed by atoms with E-state index in [1.54, 1.807) is 12.0 Å². The molecule has 1 atom stereocenters. The quantitative estimate of drug-likeness (QED) is 0.730. The lowest BCUT2D eigenvalue weighted by atomic mass is 9.96. The van der Waals surface area contributed by atoms with Crippen molar-refractivity contribution in [2.45, 2.75) is 39.3 Å². The molecule has 1 saturated heterocycles. The number of hydrogen-bond acceptors (Lipinski definition) is 4. The number of piperidine rings is 1. The molecule has 0 unspecified atom stereocenters. The van der Waals surface area contributed by atoms with Gasteiger partial charge in [0.05, 0.1) is 25.7 Å². The van der Waals surface area contributed by atoms with Gasteiger partial charge in [0.15, 0.2) is 0 Å². The number of methoxy groups -OCH3 is 1. The van der Waals surface area contributed by atoms with E-state index in [0.717, 1.165) is 11.3 Å². The maximum absolute atomic E-state index is 12.3. The Morgan fingerprint density at radius 1 is 1.36 bits per heavy atom. The van der Waals surface area contributed by atoms with Crippen LogP contribution in [0.5, 0.6) is 5.75 Å². The van der Waals surface area contributed by atoms with Crippen LogP contribution in [0.15, 0.2) is 24.3 Å². The molecule has 1 aromatic carbocycles. The summed E-state index contributed by atoms with van der Waals surface area (Å²) in [7, 11) is 1.62. The lowest BCUT2D eigenvalue weighted by Crippen LogP contribution is -2.45. The van der Waals surface area contributed by atoms with E-state index in [2.05, 4.69) is 5.32 Å². The van der Waals surface area contributed by atoms with Gasteiger partial charge in [-0.15, -0.1) is 0 Å². The number of likely N-dealkylation sites (tertiary alicyclic amines) is 1. The molecule has 138 valence electrons. The van der Waals surface area contributed by atoms with E-state index >= 15 is 0 Å². The summed E-state index contributed by atoms with van der Waals surface area (Å²) in [5.41, 5.74) is 0.949. The Morgan fingerprint density at radius 3 is 2.84 bits per heavy atom. The van der Waals surface area contributed by atoms with Gasteiger partial charge in [0.2, 0.25) is 11.8 Å². The van der Waals surface area contributed by atoms with Crippen molar-refractivity contribution in [3.05, 3.63) is 29.8 Å². The third kappa shape index (κ3) is 5.74. The van der Waals surface area contributed by atoms with Crippen LogP contribution in [0.1, 0.15) is 32.3 Å². The standard InChI is InChI=1S/C19H28N2O4/c1-14(2)25-11-10-20-19(23)16-8-9-18(22)21(13-16)12-15-6-4-5-7-17(15)24-3/h4-7,14,16H,8-13H2,1-3H3,(H,20,23)/t16-/m1/s1. The molecule has 1 aromatic rings. The van der Waals surface area contributed by atoms with Gasteiger partial charge < -0.3 is 19.7 Å². The number of para-hydroxylation sites is 1. The molecule has 6 heteroatoms.